The van der Waals surface area contributed by atoms with Crippen molar-refractivity contribution in [2.45, 2.75) is 6.63 Å². The molecule has 1 heterocycles. The van der Waals surface area contributed by atoms with Gasteiger partial charge in [-0.2, -0.15) is 0 Å². The molecule has 0 aliphatic carbocycles. The van der Waals surface area contributed by atoms with E-state index in [0.29, 0.717) is 0 Å². The van der Waals surface area contributed by atoms with E-state index >= 15 is 0 Å². The summed E-state index contributed by atoms with van der Waals surface area (Å²) in [5.41, 5.74) is -0.837. The van der Waals surface area contributed by atoms with Gasteiger partial charge in [0.2, 0.25) is 0 Å². The first-order valence-corrected chi connectivity index (χ1v) is 2.87. The highest BCUT2D eigenvalue weighted by molar-refractivity contribution is 9.10. The fourth-order valence-electron chi connectivity index (χ4n) is 0.320. The smallest absolute Gasteiger partial charge is 0.131 e. The lowest BCUT2D eigenvalue weighted by Crippen LogP contribution is -1.82. The van der Waals surface area contributed by atoms with Crippen LogP contribution in [-0.4, -0.2) is 4.98 Å². The molecule has 1 aromatic heterocycles. The fraction of sp³-hybridized carbons (Fsp3) is 0.167. The Morgan fingerprint density at radius 2 is 2.67 bits per heavy atom. The molecule has 0 aliphatic rings. The van der Waals surface area contributed by atoms with Crippen LogP contribution in [0.4, 0.5) is 4.39 Å². The molecular formula is C6H5BrFN. The summed E-state index contributed by atoms with van der Waals surface area (Å²) in [6.07, 6.45) is -0.456. The monoisotopic (exact) mass is 194 g/mol. The van der Waals surface area contributed by atoms with Crippen molar-refractivity contribution in [3.05, 3.63) is 28.4 Å². The largest absolute Gasteiger partial charge is 0.257 e. The topological polar surface area (TPSA) is 12.9 Å². The van der Waals surface area contributed by atoms with Gasteiger partial charge in [0.25, 0.3) is 0 Å². The summed E-state index contributed by atoms with van der Waals surface area (Å²) in [4.78, 5) is 3.27. The van der Waals surface area contributed by atoms with Crippen molar-refractivity contribution in [1.82, 2.24) is 4.98 Å². The summed E-state index contributed by atoms with van der Waals surface area (Å²) in [5.74, 6) is 0. The number of nitrogens with zero attached hydrogens (tertiary/aromatic N) is 1. The normalized spacial score (nSPS) is 19.1. The van der Waals surface area contributed by atoms with Crippen LogP contribution < -0.4 is 0 Å². The molecular weight excluding hydrogens is 185 g/mol. The van der Waals surface area contributed by atoms with Gasteiger partial charge < -0.3 is 0 Å². The van der Waals surface area contributed by atoms with E-state index in [1.165, 1.54) is 0 Å². The van der Waals surface area contributed by atoms with Gasteiger partial charge in [0.1, 0.15) is 6.63 Å². The van der Waals surface area contributed by atoms with Gasteiger partial charge in [0.05, 0.1) is 12.5 Å². The number of pyridine rings is 1. The molecule has 1 nitrogen and oxygen atoms in total. The van der Waals surface area contributed by atoms with E-state index in [0.717, 1.165) is 0 Å². The van der Waals surface area contributed by atoms with E-state index in [1.54, 1.807) is 0 Å². The van der Waals surface area contributed by atoms with Crippen LogP contribution in [0.2, 0.25) is 0 Å². The third-order valence-corrected chi connectivity index (χ3v) is 1.02. The highest BCUT2D eigenvalue weighted by Gasteiger charge is 1.89. The van der Waals surface area contributed by atoms with E-state index in [1.807, 2.05) is 0 Å². The second kappa shape index (κ2) is 2.92. The van der Waals surface area contributed by atoms with E-state index in [-0.39, 0.29) is 4.47 Å². The average Bonchev–Trinajstić information content (AvgIpc) is 2.06. The van der Waals surface area contributed by atoms with Gasteiger partial charge in [-0.15, -0.1) is 0 Å². The number of rotatable bonds is 1. The van der Waals surface area contributed by atoms with Crippen molar-refractivity contribution in [3.8, 4) is 0 Å². The van der Waals surface area contributed by atoms with Crippen LogP contribution in [0.25, 0.3) is 0 Å². The van der Waals surface area contributed by atoms with Crippen LogP contribution in [0.15, 0.2) is 22.7 Å². The number of hydrogen-bond acceptors (Lipinski definition) is 1. The Hall–Kier alpha value is -0.440. The highest BCUT2D eigenvalue weighted by atomic mass is 79.9. The molecule has 0 amide bonds. The maximum atomic E-state index is 12.8. The number of halogens is 2. The van der Waals surface area contributed by atoms with E-state index < -0.39 is 30.6 Å². The van der Waals surface area contributed by atoms with Crippen LogP contribution in [0, 0.1) is 0 Å². The van der Waals surface area contributed by atoms with E-state index in [9.17, 15) is 4.39 Å². The first kappa shape index (κ1) is 2.66. The molecule has 0 aromatic carbocycles. The highest BCUT2D eigenvalue weighted by Crippen LogP contribution is 2.07. The Labute approximate surface area is 68.1 Å². The molecule has 0 unspecified atom stereocenters. The van der Waals surface area contributed by atoms with E-state index in [2.05, 4.69) is 20.9 Å². The van der Waals surface area contributed by atoms with Crippen LogP contribution >= 0.6 is 15.9 Å². The molecule has 3 heteroatoms. The molecule has 0 spiro atoms. The van der Waals surface area contributed by atoms with Crippen molar-refractivity contribution < 1.29 is 11.2 Å². The van der Waals surface area contributed by atoms with Gasteiger partial charge in [-0.3, -0.25) is 4.98 Å². The molecule has 0 fully saturated rings. The molecule has 0 atom stereocenters. The second-order valence-electron chi connectivity index (χ2n) is 1.23. The van der Waals surface area contributed by atoms with Crippen LogP contribution in [0.5, 0.6) is 0 Å². The molecule has 0 saturated carbocycles. The third kappa shape index (κ3) is 1.75. The molecule has 0 saturated heterocycles. The quantitative estimate of drug-likeness (QED) is 0.669. The fourth-order valence-corrected chi connectivity index (χ4v) is 0.507. The zero-order valence-electron chi connectivity index (χ0n) is 9.20. The summed E-state index contributed by atoms with van der Waals surface area (Å²) in [6.45, 7) is -3.30. The van der Waals surface area contributed by atoms with Crippen molar-refractivity contribution in [3.63, 3.8) is 0 Å². The summed E-state index contributed by atoms with van der Waals surface area (Å²) in [6, 6.07) is -1.10. The second-order valence-corrected chi connectivity index (χ2v) is 2.02. The average molecular weight is 195 g/mol. The lowest BCUT2D eigenvalue weighted by atomic mass is 10.4. The molecule has 48 valence electrons. The van der Waals surface area contributed by atoms with Crippen LogP contribution in [0.3, 0.4) is 0 Å². The molecule has 1 rings (SSSR count). The van der Waals surface area contributed by atoms with Crippen LogP contribution in [0.1, 0.15) is 12.5 Å². The predicted molar refractivity (Wildman–Crippen MR) is 36.7 cm³/mol. The standard InChI is InChI=1S/C6H5BrFN/c7-5-1-2-6(3-8)9-4-5/h1-2,4H,3H2/i1D,2D,3D2,4D. The lowest BCUT2D eigenvalue weighted by Gasteiger charge is -1.90. The van der Waals surface area contributed by atoms with Crippen molar-refractivity contribution in [1.29, 1.82) is 0 Å². The summed E-state index contributed by atoms with van der Waals surface area (Å²) in [7, 11) is 0. The summed E-state index contributed by atoms with van der Waals surface area (Å²) in [5, 5.41) is 0. The van der Waals surface area contributed by atoms with Gasteiger partial charge in [-0.05, 0) is 28.0 Å². The van der Waals surface area contributed by atoms with Gasteiger partial charge in [0.15, 0.2) is 0 Å². The zero-order valence-corrected chi connectivity index (χ0v) is 5.79. The van der Waals surface area contributed by atoms with Crippen molar-refractivity contribution in [2.24, 2.45) is 0 Å². The minimum atomic E-state index is -3.30. The Bertz CT molecular complexity index is 377. The molecule has 1 aromatic rings. The van der Waals surface area contributed by atoms with Crippen molar-refractivity contribution >= 4 is 15.9 Å². The van der Waals surface area contributed by atoms with Gasteiger partial charge in [0, 0.05) is 10.6 Å². The Morgan fingerprint density at radius 1 is 1.89 bits per heavy atom. The Kier molecular flexibility index (Phi) is 0.862. The van der Waals surface area contributed by atoms with Gasteiger partial charge in [-0.25, -0.2) is 4.39 Å². The third-order valence-electron chi connectivity index (χ3n) is 0.646. The first-order valence-electron chi connectivity index (χ1n) is 4.58. The van der Waals surface area contributed by atoms with Gasteiger partial charge >= 0.3 is 0 Å². The first-order chi connectivity index (χ1) is 6.25. The molecule has 9 heavy (non-hydrogen) atoms. The number of hydrogen-bond donors (Lipinski definition) is 0. The molecule has 0 bridgehead atoms. The summed E-state index contributed by atoms with van der Waals surface area (Å²) < 4.78 is 47.9. The molecule has 0 aliphatic heterocycles. The Morgan fingerprint density at radius 3 is 3.33 bits per heavy atom. The SMILES string of the molecule is [2H]c1nc(C([2H])([2H])F)c([2H])c([2H])c1Br. The molecule has 0 radical (unpaired) electrons. The van der Waals surface area contributed by atoms with E-state index in [4.69, 9.17) is 6.85 Å². The lowest BCUT2D eigenvalue weighted by molar-refractivity contribution is 0.476. The summed E-state index contributed by atoms with van der Waals surface area (Å²) >= 11 is 2.83. The Balaban J connectivity index is 3.49. The minimum absolute atomic E-state index is 0.0458. The number of aromatic nitrogens is 1. The predicted octanol–water partition coefficient (Wildman–Crippen LogP) is 2.31. The number of alkyl halides is 1. The van der Waals surface area contributed by atoms with Crippen molar-refractivity contribution in [2.75, 3.05) is 0 Å². The maximum absolute atomic E-state index is 12.8. The van der Waals surface area contributed by atoms with Crippen LogP contribution in [-0.2, 0) is 6.63 Å². The minimum Gasteiger partial charge on any atom is -0.257 e. The maximum Gasteiger partial charge on any atom is 0.131 e. The zero-order chi connectivity index (χ0) is 11.1. The van der Waals surface area contributed by atoms with Gasteiger partial charge in [-0.1, -0.05) is 0 Å². The molecule has 0 N–H and O–H groups in total.